The van der Waals surface area contributed by atoms with Crippen LogP contribution >= 0.6 is 11.3 Å². The zero-order chi connectivity index (χ0) is 25.2. The Morgan fingerprint density at radius 2 is 2.09 bits per heavy atom. The van der Waals surface area contributed by atoms with Gasteiger partial charge in [-0.1, -0.05) is 41.7 Å². The predicted octanol–water partition coefficient (Wildman–Crippen LogP) is 5.73. The zero-order valence-electron chi connectivity index (χ0n) is 21.3. The summed E-state index contributed by atoms with van der Waals surface area (Å²) in [5, 5.41) is 13.1. The van der Waals surface area contributed by atoms with Gasteiger partial charge in [0, 0.05) is 44.5 Å². The smallest absolute Gasteiger partial charge is 0.167 e. The minimum atomic E-state index is 0.227. The first-order chi connectivity index (χ1) is 16.9. The third-order valence-electron chi connectivity index (χ3n) is 5.50. The van der Waals surface area contributed by atoms with Gasteiger partial charge in [-0.25, -0.2) is 14.8 Å². The van der Waals surface area contributed by atoms with E-state index in [1.165, 1.54) is 11.8 Å². The van der Waals surface area contributed by atoms with E-state index >= 15 is 0 Å². The number of hydrogen-bond donors (Lipinski definition) is 2. The molecule has 0 amide bonds. The van der Waals surface area contributed by atoms with Gasteiger partial charge in [-0.15, -0.1) is 4.48 Å². The Bertz CT molecular complexity index is 1180. The molecule has 2 N–H and O–H groups in total. The Morgan fingerprint density at radius 3 is 2.86 bits per heavy atom. The fourth-order valence-corrected chi connectivity index (χ4v) is 4.69. The minimum absolute atomic E-state index is 0.227. The standard InChI is InChI=1S/C26H36FN7S/c1-6-7-10-16-34(27)17-15-29-25-24-26(32-33(25)5)35-23(31-24)18-21(4)28-14-13-20(3)30-22-12-9-8-11-19(22)2/h6-12,16,21,28-29H,13-15,17-18H2,1-5H3/b7-6-,16-10-,30-20+. The van der Waals surface area contributed by atoms with Crippen molar-refractivity contribution in [2.24, 2.45) is 12.0 Å². The topological polar surface area (TPSA) is 70.4 Å². The second-order valence-corrected chi connectivity index (χ2v) is 9.66. The lowest BCUT2D eigenvalue weighted by atomic mass is 10.2. The molecule has 0 spiro atoms. The van der Waals surface area contributed by atoms with Crippen LogP contribution in [0.2, 0.25) is 0 Å². The molecule has 2 heterocycles. The van der Waals surface area contributed by atoms with E-state index in [1.54, 1.807) is 28.2 Å². The number of aryl methyl sites for hydroxylation is 2. The van der Waals surface area contributed by atoms with Crippen LogP contribution in [-0.2, 0) is 13.5 Å². The molecule has 1 aromatic carbocycles. The normalized spacial score (nSPS) is 13.4. The Balaban J connectivity index is 1.49. The van der Waals surface area contributed by atoms with Crippen LogP contribution in [0.25, 0.3) is 10.3 Å². The summed E-state index contributed by atoms with van der Waals surface area (Å²) >= 11 is 1.61. The molecule has 2 aromatic heterocycles. The fourth-order valence-electron chi connectivity index (χ4n) is 3.60. The van der Waals surface area contributed by atoms with Crippen molar-refractivity contribution < 1.29 is 4.48 Å². The summed E-state index contributed by atoms with van der Waals surface area (Å²) < 4.78 is 15.6. The molecule has 1 atom stereocenters. The van der Waals surface area contributed by atoms with Gasteiger partial charge in [-0.05, 0) is 51.8 Å². The van der Waals surface area contributed by atoms with Gasteiger partial charge >= 0.3 is 0 Å². The number of halogens is 1. The average Bonchev–Trinajstić information content (AvgIpc) is 3.32. The van der Waals surface area contributed by atoms with Gasteiger partial charge in [0.1, 0.15) is 5.52 Å². The summed E-state index contributed by atoms with van der Waals surface area (Å²) in [7, 11) is 1.88. The van der Waals surface area contributed by atoms with Crippen LogP contribution < -0.4 is 10.6 Å². The van der Waals surface area contributed by atoms with Crippen LogP contribution in [-0.4, -0.2) is 51.3 Å². The van der Waals surface area contributed by atoms with Gasteiger partial charge in [-0.3, -0.25) is 4.99 Å². The van der Waals surface area contributed by atoms with Gasteiger partial charge in [0.15, 0.2) is 10.6 Å². The largest absolute Gasteiger partial charge is 0.367 e. The molecular formula is C26H36FN7S. The molecule has 188 valence electrons. The van der Waals surface area contributed by atoms with Gasteiger partial charge < -0.3 is 10.6 Å². The molecule has 0 radical (unpaired) electrons. The van der Waals surface area contributed by atoms with E-state index in [4.69, 9.17) is 9.98 Å². The molecule has 7 nitrogen and oxygen atoms in total. The van der Waals surface area contributed by atoms with Crippen molar-refractivity contribution in [2.75, 3.05) is 25.0 Å². The number of rotatable bonds is 13. The summed E-state index contributed by atoms with van der Waals surface area (Å²) in [6, 6.07) is 8.47. The number of allylic oxidation sites excluding steroid dienone is 3. The van der Waals surface area contributed by atoms with Crippen LogP contribution in [0.4, 0.5) is 16.0 Å². The Kier molecular flexibility index (Phi) is 9.98. The average molecular weight is 498 g/mol. The highest BCUT2D eigenvalue weighted by Gasteiger charge is 2.16. The SMILES string of the molecule is C/C=C\C=C/N(F)CCNc1c2nc(CC(C)NCC/C(C)=N/c3ccccc3C)sc2nn1C. The summed E-state index contributed by atoms with van der Waals surface area (Å²) in [5.74, 6) is 0.817. The number of para-hydroxylation sites is 1. The second kappa shape index (κ2) is 13.2. The van der Waals surface area contributed by atoms with Crippen molar-refractivity contribution in [3.63, 3.8) is 0 Å². The number of hydrogen-bond acceptors (Lipinski definition) is 7. The van der Waals surface area contributed by atoms with Crippen LogP contribution in [0.5, 0.6) is 0 Å². The van der Waals surface area contributed by atoms with Gasteiger partial charge in [-0.2, -0.15) is 5.10 Å². The first-order valence-electron chi connectivity index (χ1n) is 12.0. The molecule has 0 aliphatic heterocycles. The summed E-state index contributed by atoms with van der Waals surface area (Å²) in [4.78, 5) is 10.5. The molecule has 0 saturated heterocycles. The molecule has 35 heavy (non-hydrogen) atoms. The molecular weight excluding hydrogens is 461 g/mol. The second-order valence-electron chi connectivity index (χ2n) is 8.59. The number of aliphatic imine (C=N–C) groups is 1. The molecule has 1 unspecified atom stereocenters. The first kappa shape index (κ1) is 26.6. The third kappa shape index (κ3) is 8.00. The van der Waals surface area contributed by atoms with Crippen molar-refractivity contribution in [3.05, 3.63) is 59.3 Å². The molecule has 0 aliphatic rings. The number of thiazole rings is 1. The number of anilines is 1. The highest BCUT2D eigenvalue weighted by molar-refractivity contribution is 7.18. The summed E-state index contributed by atoms with van der Waals surface area (Å²) in [6.07, 6.45) is 8.44. The van der Waals surface area contributed by atoms with E-state index in [0.29, 0.717) is 11.7 Å². The van der Waals surface area contributed by atoms with Crippen LogP contribution in [0.1, 0.15) is 37.8 Å². The van der Waals surface area contributed by atoms with E-state index in [1.807, 2.05) is 32.2 Å². The molecule has 0 aliphatic carbocycles. The molecule has 0 fully saturated rings. The number of aromatic nitrogens is 3. The number of nitrogens with zero attached hydrogens (tertiary/aromatic N) is 5. The lowest BCUT2D eigenvalue weighted by Gasteiger charge is -2.12. The van der Waals surface area contributed by atoms with E-state index in [-0.39, 0.29) is 12.6 Å². The predicted molar refractivity (Wildman–Crippen MR) is 146 cm³/mol. The van der Waals surface area contributed by atoms with Crippen molar-refractivity contribution in [1.29, 1.82) is 0 Å². The Labute approximate surface area is 211 Å². The highest BCUT2D eigenvalue weighted by atomic mass is 32.1. The van der Waals surface area contributed by atoms with Crippen molar-refractivity contribution in [2.45, 2.75) is 46.6 Å². The van der Waals surface area contributed by atoms with Gasteiger partial charge in [0.25, 0.3) is 0 Å². The van der Waals surface area contributed by atoms with E-state index in [0.717, 1.165) is 52.0 Å². The number of fused-ring (bicyclic) bond motifs is 1. The van der Waals surface area contributed by atoms with E-state index in [9.17, 15) is 4.48 Å². The number of benzene rings is 1. The quantitative estimate of drug-likeness (QED) is 0.179. The minimum Gasteiger partial charge on any atom is -0.367 e. The lowest BCUT2D eigenvalue weighted by Crippen LogP contribution is -2.29. The van der Waals surface area contributed by atoms with Crippen molar-refractivity contribution >= 4 is 38.9 Å². The maximum atomic E-state index is 13.8. The van der Waals surface area contributed by atoms with E-state index < -0.39 is 0 Å². The third-order valence-corrected chi connectivity index (χ3v) is 6.46. The molecule has 3 aromatic rings. The van der Waals surface area contributed by atoms with Crippen molar-refractivity contribution in [3.8, 4) is 0 Å². The van der Waals surface area contributed by atoms with Crippen LogP contribution in [0.3, 0.4) is 0 Å². The molecule has 3 rings (SSSR count). The maximum Gasteiger partial charge on any atom is 0.167 e. The first-order valence-corrected chi connectivity index (χ1v) is 12.8. The zero-order valence-corrected chi connectivity index (χ0v) is 22.1. The lowest BCUT2D eigenvalue weighted by molar-refractivity contribution is 0.0953. The van der Waals surface area contributed by atoms with Crippen LogP contribution in [0.15, 0.2) is 53.7 Å². The van der Waals surface area contributed by atoms with Crippen LogP contribution in [0, 0.1) is 6.92 Å². The summed E-state index contributed by atoms with van der Waals surface area (Å²) in [5.41, 5.74) is 4.18. The number of nitrogens with one attached hydrogen (secondary N) is 2. The molecule has 0 bridgehead atoms. The summed E-state index contributed by atoms with van der Waals surface area (Å²) in [6.45, 7) is 9.76. The molecule has 0 saturated carbocycles. The Hall–Kier alpha value is -3.04. The van der Waals surface area contributed by atoms with Crippen molar-refractivity contribution in [1.82, 2.24) is 25.2 Å². The molecule has 9 heteroatoms. The highest BCUT2D eigenvalue weighted by Crippen LogP contribution is 2.28. The maximum absolute atomic E-state index is 13.8. The van der Waals surface area contributed by atoms with Gasteiger partial charge in [0.2, 0.25) is 0 Å². The Morgan fingerprint density at radius 1 is 1.29 bits per heavy atom. The van der Waals surface area contributed by atoms with E-state index in [2.05, 4.69) is 48.6 Å². The van der Waals surface area contributed by atoms with Gasteiger partial charge in [0.05, 0.1) is 17.2 Å². The fraction of sp³-hybridized carbons (Fsp3) is 0.423. The monoisotopic (exact) mass is 497 g/mol.